The normalized spacial score (nSPS) is 19.8. The largest absolute Gasteiger partial charge is 0.495 e. The highest BCUT2D eigenvalue weighted by molar-refractivity contribution is 6.08. The maximum Gasteiger partial charge on any atom is 0.237 e. The lowest BCUT2D eigenvalue weighted by Crippen LogP contribution is -2.43. The molecule has 1 amide bonds. The second-order valence-corrected chi connectivity index (χ2v) is 4.47. The molecule has 0 aromatic heterocycles. The Hall–Kier alpha value is -1.84. The van der Waals surface area contributed by atoms with Crippen LogP contribution in [0.25, 0.3) is 0 Å². The van der Waals surface area contributed by atoms with Crippen LogP contribution >= 0.6 is 0 Å². The SMILES string of the molecule is COc1ccccc1N1CCCC(C(C)=O)C1=O. The van der Waals surface area contributed by atoms with Crippen molar-refractivity contribution >= 4 is 17.4 Å². The number of carbonyl (C=O) groups excluding carboxylic acids is 2. The first kappa shape index (κ1) is 12.6. The van der Waals surface area contributed by atoms with Crippen LogP contribution in [0.3, 0.4) is 0 Å². The summed E-state index contributed by atoms with van der Waals surface area (Å²) in [6.07, 6.45) is 1.49. The molecule has 1 saturated heterocycles. The molecule has 18 heavy (non-hydrogen) atoms. The minimum absolute atomic E-state index is 0.0559. The van der Waals surface area contributed by atoms with E-state index in [0.29, 0.717) is 18.7 Å². The van der Waals surface area contributed by atoms with E-state index in [2.05, 4.69) is 0 Å². The van der Waals surface area contributed by atoms with Crippen molar-refractivity contribution < 1.29 is 14.3 Å². The molecule has 2 rings (SSSR count). The number of para-hydroxylation sites is 2. The van der Waals surface area contributed by atoms with Crippen LogP contribution in [-0.4, -0.2) is 25.3 Å². The molecular weight excluding hydrogens is 230 g/mol. The van der Waals surface area contributed by atoms with Crippen molar-refractivity contribution in [1.29, 1.82) is 0 Å². The van der Waals surface area contributed by atoms with E-state index in [-0.39, 0.29) is 11.7 Å². The Kier molecular flexibility index (Phi) is 3.65. The van der Waals surface area contributed by atoms with Gasteiger partial charge in [-0.05, 0) is 31.9 Å². The molecule has 0 bridgehead atoms. The maximum atomic E-state index is 12.3. The van der Waals surface area contributed by atoms with Gasteiger partial charge in [-0.15, -0.1) is 0 Å². The quantitative estimate of drug-likeness (QED) is 0.768. The van der Waals surface area contributed by atoms with Crippen LogP contribution in [0.4, 0.5) is 5.69 Å². The van der Waals surface area contributed by atoms with Crippen LogP contribution in [0.5, 0.6) is 5.75 Å². The molecule has 1 aromatic rings. The molecule has 1 heterocycles. The summed E-state index contributed by atoms with van der Waals surface area (Å²) in [5.41, 5.74) is 0.746. The van der Waals surface area contributed by atoms with Crippen molar-refractivity contribution in [3.8, 4) is 5.75 Å². The minimum atomic E-state index is -0.497. The summed E-state index contributed by atoms with van der Waals surface area (Å²) in [4.78, 5) is 25.4. The van der Waals surface area contributed by atoms with Gasteiger partial charge in [0, 0.05) is 6.54 Å². The third kappa shape index (κ3) is 2.23. The molecule has 1 fully saturated rings. The molecule has 0 spiro atoms. The molecule has 1 aliphatic heterocycles. The highest BCUT2D eigenvalue weighted by Crippen LogP contribution is 2.32. The van der Waals surface area contributed by atoms with Crippen LogP contribution in [0.15, 0.2) is 24.3 Å². The molecule has 0 saturated carbocycles. The standard InChI is InChI=1S/C14H17NO3/c1-10(16)11-6-5-9-15(14(11)17)12-7-3-4-8-13(12)18-2/h3-4,7-8,11H,5-6,9H2,1-2H3. The monoisotopic (exact) mass is 247 g/mol. The van der Waals surface area contributed by atoms with Crippen molar-refractivity contribution in [3.05, 3.63) is 24.3 Å². The summed E-state index contributed by atoms with van der Waals surface area (Å²) in [6.45, 7) is 2.12. The zero-order valence-electron chi connectivity index (χ0n) is 10.7. The number of hydrogen-bond donors (Lipinski definition) is 0. The van der Waals surface area contributed by atoms with Gasteiger partial charge in [-0.25, -0.2) is 0 Å². The number of nitrogens with zero attached hydrogens (tertiary/aromatic N) is 1. The first-order valence-corrected chi connectivity index (χ1v) is 6.10. The molecule has 1 atom stereocenters. The number of hydrogen-bond acceptors (Lipinski definition) is 3. The van der Waals surface area contributed by atoms with Gasteiger partial charge in [-0.2, -0.15) is 0 Å². The lowest BCUT2D eigenvalue weighted by atomic mass is 9.93. The van der Waals surface area contributed by atoms with Crippen LogP contribution in [0.2, 0.25) is 0 Å². The number of benzene rings is 1. The van der Waals surface area contributed by atoms with E-state index in [1.165, 1.54) is 6.92 Å². The van der Waals surface area contributed by atoms with Crippen LogP contribution in [0.1, 0.15) is 19.8 Å². The Morgan fingerprint density at radius 3 is 2.78 bits per heavy atom. The smallest absolute Gasteiger partial charge is 0.237 e. The Balaban J connectivity index is 2.32. The Bertz CT molecular complexity index is 470. The van der Waals surface area contributed by atoms with E-state index in [0.717, 1.165) is 12.1 Å². The van der Waals surface area contributed by atoms with Crippen LogP contribution in [-0.2, 0) is 9.59 Å². The summed E-state index contributed by atoms with van der Waals surface area (Å²) in [7, 11) is 1.58. The fraction of sp³-hybridized carbons (Fsp3) is 0.429. The summed E-state index contributed by atoms with van der Waals surface area (Å²) in [5.74, 6) is -0.00318. The third-order valence-corrected chi connectivity index (χ3v) is 3.31. The molecule has 0 radical (unpaired) electrons. The number of anilines is 1. The number of ether oxygens (including phenoxy) is 1. The maximum absolute atomic E-state index is 12.3. The zero-order chi connectivity index (χ0) is 13.1. The average Bonchev–Trinajstić information content (AvgIpc) is 2.38. The number of Topliss-reactive ketones (excluding diaryl/α,β-unsaturated/α-hetero) is 1. The van der Waals surface area contributed by atoms with Gasteiger partial charge in [0.05, 0.1) is 18.7 Å². The second-order valence-electron chi connectivity index (χ2n) is 4.47. The lowest BCUT2D eigenvalue weighted by molar-refractivity contribution is -0.132. The van der Waals surface area contributed by atoms with Gasteiger partial charge in [0.15, 0.2) is 0 Å². The van der Waals surface area contributed by atoms with Gasteiger partial charge >= 0.3 is 0 Å². The van der Waals surface area contributed by atoms with Gasteiger partial charge in [0.1, 0.15) is 11.5 Å². The Morgan fingerprint density at radius 2 is 2.11 bits per heavy atom. The number of ketones is 1. The number of piperidine rings is 1. The van der Waals surface area contributed by atoms with Crippen molar-refractivity contribution in [2.24, 2.45) is 5.92 Å². The highest BCUT2D eigenvalue weighted by Gasteiger charge is 2.33. The van der Waals surface area contributed by atoms with Gasteiger partial charge in [0.2, 0.25) is 5.91 Å². The predicted molar refractivity (Wildman–Crippen MR) is 68.8 cm³/mol. The Labute approximate surface area is 107 Å². The molecular formula is C14H17NO3. The third-order valence-electron chi connectivity index (χ3n) is 3.31. The fourth-order valence-electron chi connectivity index (χ4n) is 2.34. The topological polar surface area (TPSA) is 46.6 Å². The predicted octanol–water partition coefficient (Wildman–Crippen LogP) is 2.03. The van der Waals surface area contributed by atoms with E-state index >= 15 is 0 Å². The van der Waals surface area contributed by atoms with Crippen LogP contribution in [0, 0.1) is 5.92 Å². The lowest BCUT2D eigenvalue weighted by Gasteiger charge is -2.32. The number of rotatable bonds is 3. The van der Waals surface area contributed by atoms with E-state index in [9.17, 15) is 9.59 Å². The number of carbonyl (C=O) groups is 2. The van der Waals surface area contributed by atoms with Gasteiger partial charge in [-0.3, -0.25) is 9.59 Å². The first-order valence-electron chi connectivity index (χ1n) is 6.10. The van der Waals surface area contributed by atoms with E-state index in [1.807, 2.05) is 24.3 Å². The van der Waals surface area contributed by atoms with E-state index in [1.54, 1.807) is 12.0 Å². The van der Waals surface area contributed by atoms with Gasteiger partial charge in [-0.1, -0.05) is 12.1 Å². The van der Waals surface area contributed by atoms with E-state index < -0.39 is 5.92 Å². The minimum Gasteiger partial charge on any atom is -0.495 e. The van der Waals surface area contributed by atoms with Crippen molar-refractivity contribution in [2.75, 3.05) is 18.6 Å². The molecule has 0 N–H and O–H groups in total. The number of methoxy groups -OCH3 is 1. The number of amides is 1. The molecule has 1 unspecified atom stereocenters. The summed E-state index contributed by atoms with van der Waals surface area (Å²) >= 11 is 0. The van der Waals surface area contributed by atoms with Gasteiger partial charge in [0.25, 0.3) is 0 Å². The van der Waals surface area contributed by atoms with E-state index in [4.69, 9.17) is 4.74 Å². The molecule has 4 heteroatoms. The van der Waals surface area contributed by atoms with Crippen molar-refractivity contribution in [1.82, 2.24) is 0 Å². The van der Waals surface area contributed by atoms with Crippen molar-refractivity contribution in [3.63, 3.8) is 0 Å². The summed E-state index contributed by atoms with van der Waals surface area (Å²) < 4.78 is 5.26. The Morgan fingerprint density at radius 1 is 1.39 bits per heavy atom. The highest BCUT2D eigenvalue weighted by atomic mass is 16.5. The first-order chi connectivity index (χ1) is 8.65. The summed E-state index contributed by atoms with van der Waals surface area (Å²) in [6, 6.07) is 7.39. The zero-order valence-corrected chi connectivity index (χ0v) is 10.7. The molecule has 0 aliphatic carbocycles. The molecule has 4 nitrogen and oxygen atoms in total. The molecule has 1 aromatic carbocycles. The molecule has 1 aliphatic rings. The second kappa shape index (κ2) is 5.21. The van der Waals surface area contributed by atoms with Crippen LogP contribution < -0.4 is 9.64 Å². The van der Waals surface area contributed by atoms with Crippen molar-refractivity contribution in [2.45, 2.75) is 19.8 Å². The summed E-state index contributed by atoms with van der Waals surface area (Å²) in [5, 5.41) is 0. The van der Waals surface area contributed by atoms with Gasteiger partial charge < -0.3 is 9.64 Å². The average molecular weight is 247 g/mol. The molecule has 96 valence electrons. The fourth-order valence-corrected chi connectivity index (χ4v) is 2.34.